The molecule has 0 unspecified atom stereocenters. The van der Waals surface area contributed by atoms with Crippen LogP contribution in [0.1, 0.15) is 22.3 Å². The van der Waals surface area contributed by atoms with E-state index in [1.54, 1.807) is 24.3 Å². The highest BCUT2D eigenvalue weighted by molar-refractivity contribution is 6.14. The fourth-order valence-corrected chi connectivity index (χ4v) is 3.77. The molecular formula is C23H21NO3. The summed E-state index contributed by atoms with van der Waals surface area (Å²) in [4.78, 5) is 0. The van der Waals surface area contributed by atoms with E-state index >= 15 is 0 Å². The molecule has 4 nitrogen and oxygen atoms in total. The van der Waals surface area contributed by atoms with Gasteiger partial charge in [-0.3, -0.25) is 0 Å². The topological polar surface area (TPSA) is 65.6 Å². The summed E-state index contributed by atoms with van der Waals surface area (Å²) in [6, 6.07) is 10.9. The van der Waals surface area contributed by atoms with E-state index in [0.29, 0.717) is 5.39 Å². The number of aromatic nitrogens is 1. The number of rotatable bonds is 2. The Morgan fingerprint density at radius 1 is 0.889 bits per heavy atom. The molecule has 136 valence electrons. The summed E-state index contributed by atoms with van der Waals surface area (Å²) in [5, 5.41) is 32.7. The van der Waals surface area contributed by atoms with Crippen molar-refractivity contribution in [1.82, 2.24) is 4.57 Å². The predicted molar refractivity (Wildman–Crippen MR) is 110 cm³/mol. The molecule has 0 bridgehead atoms. The molecule has 27 heavy (non-hydrogen) atoms. The minimum atomic E-state index is 0.172. The quantitative estimate of drug-likeness (QED) is 0.445. The Balaban J connectivity index is 2.29. The van der Waals surface area contributed by atoms with E-state index < -0.39 is 0 Å². The Bertz CT molecular complexity index is 1230. The molecule has 0 aliphatic heterocycles. The van der Waals surface area contributed by atoms with Gasteiger partial charge in [0, 0.05) is 11.5 Å². The van der Waals surface area contributed by atoms with Crippen molar-refractivity contribution in [3.8, 4) is 22.9 Å². The number of phenols is 3. The Kier molecular flexibility index (Phi) is 3.67. The van der Waals surface area contributed by atoms with E-state index in [9.17, 15) is 15.3 Å². The Morgan fingerprint density at radius 2 is 1.63 bits per heavy atom. The van der Waals surface area contributed by atoms with Gasteiger partial charge in [0.1, 0.15) is 17.2 Å². The van der Waals surface area contributed by atoms with Crippen molar-refractivity contribution in [2.45, 2.75) is 20.8 Å². The number of benzene rings is 3. The van der Waals surface area contributed by atoms with Crippen LogP contribution >= 0.6 is 0 Å². The van der Waals surface area contributed by atoms with E-state index in [1.165, 1.54) is 0 Å². The third kappa shape index (κ3) is 2.45. The number of aromatic hydroxyl groups is 3. The van der Waals surface area contributed by atoms with Gasteiger partial charge in [-0.2, -0.15) is 0 Å². The normalized spacial score (nSPS) is 11.4. The van der Waals surface area contributed by atoms with E-state index in [1.807, 2.05) is 43.5 Å². The van der Waals surface area contributed by atoms with Gasteiger partial charge in [-0.15, -0.1) is 0 Å². The third-order valence-corrected chi connectivity index (χ3v) is 5.16. The van der Waals surface area contributed by atoms with Crippen molar-refractivity contribution in [2.24, 2.45) is 0 Å². The smallest absolute Gasteiger partial charge is 0.129 e. The first-order valence-electron chi connectivity index (χ1n) is 8.75. The molecule has 0 spiro atoms. The lowest BCUT2D eigenvalue weighted by Gasteiger charge is -2.12. The highest BCUT2D eigenvalue weighted by Gasteiger charge is 2.20. The number of aryl methyl sites for hydroxylation is 2. The maximum Gasteiger partial charge on any atom is 0.129 e. The van der Waals surface area contributed by atoms with Crippen molar-refractivity contribution in [3.05, 3.63) is 65.2 Å². The van der Waals surface area contributed by atoms with Crippen molar-refractivity contribution >= 4 is 27.9 Å². The van der Waals surface area contributed by atoms with Crippen molar-refractivity contribution in [1.29, 1.82) is 0 Å². The van der Waals surface area contributed by atoms with Gasteiger partial charge >= 0.3 is 0 Å². The first kappa shape index (κ1) is 17.0. The molecule has 0 amide bonds. The second-order valence-corrected chi connectivity index (χ2v) is 7.06. The Labute approximate surface area is 157 Å². The van der Waals surface area contributed by atoms with Crippen LogP contribution in [-0.2, 0) is 0 Å². The molecule has 0 aliphatic carbocycles. The van der Waals surface area contributed by atoms with Gasteiger partial charge in [-0.05, 0) is 73.4 Å². The van der Waals surface area contributed by atoms with Crippen LogP contribution < -0.4 is 0 Å². The van der Waals surface area contributed by atoms with Gasteiger partial charge in [-0.1, -0.05) is 12.7 Å². The summed E-state index contributed by atoms with van der Waals surface area (Å²) in [5.74, 6) is 0.528. The summed E-state index contributed by atoms with van der Waals surface area (Å²) < 4.78 is 2.00. The zero-order valence-corrected chi connectivity index (χ0v) is 15.5. The molecule has 0 aliphatic rings. The molecule has 0 saturated heterocycles. The second kappa shape index (κ2) is 5.81. The molecular weight excluding hydrogens is 338 g/mol. The predicted octanol–water partition coefficient (Wildman–Crippen LogP) is 5.47. The summed E-state index contributed by atoms with van der Waals surface area (Å²) in [6.45, 7) is 9.46. The first-order valence-corrected chi connectivity index (χ1v) is 8.75. The van der Waals surface area contributed by atoms with Crippen LogP contribution in [0.3, 0.4) is 0 Å². The number of hydrogen-bond donors (Lipinski definition) is 3. The molecule has 1 aromatic heterocycles. The molecule has 4 heteroatoms. The molecule has 0 radical (unpaired) electrons. The summed E-state index contributed by atoms with van der Waals surface area (Å²) in [6.07, 6.45) is 1.72. The van der Waals surface area contributed by atoms with E-state index in [4.69, 9.17) is 0 Å². The number of fused-ring (bicyclic) bond motifs is 3. The average Bonchev–Trinajstić information content (AvgIpc) is 2.90. The second-order valence-electron chi connectivity index (χ2n) is 7.06. The lowest BCUT2D eigenvalue weighted by Crippen LogP contribution is -1.95. The van der Waals surface area contributed by atoms with E-state index in [0.717, 1.165) is 44.4 Å². The Hall–Kier alpha value is -3.40. The zero-order valence-electron chi connectivity index (χ0n) is 15.5. The number of nitrogens with zero attached hydrogens (tertiary/aromatic N) is 1. The van der Waals surface area contributed by atoms with Gasteiger partial charge in [0.15, 0.2) is 0 Å². The van der Waals surface area contributed by atoms with Crippen molar-refractivity contribution in [3.63, 3.8) is 0 Å². The standard InChI is InChI=1S/C23H21NO3/c1-5-15-9-20-22(23(27)14(15)4)18-11-21(26)13(3)8-19(18)24(20)16-6-12(2)7-17(25)10-16/h5-11,25-27H,1H2,2-4H3. The molecule has 1 heterocycles. The summed E-state index contributed by atoms with van der Waals surface area (Å²) >= 11 is 0. The van der Waals surface area contributed by atoms with Crippen molar-refractivity contribution in [2.75, 3.05) is 0 Å². The lowest BCUT2D eigenvalue weighted by molar-refractivity contribution is 0.471. The van der Waals surface area contributed by atoms with Crippen LogP contribution in [0, 0.1) is 20.8 Å². The van der Waals surface area contributed by atoms with Crippen LogP contribution in [-0.4, -0.2) is 19.9 Å². The highest BCUT2D eigenvalue weighted by atomic mass is 16.3. The maximum absolute atomic E-state index is 10.9. The minimum absolute atomic E-state index is 0.172. The molecule has 0 atom stereocenters. The van der Waals surface area contributed by atoms with Crippen LogP contribution in [0.25, 0.3) is 33.6 Å². The fraction of sp³-hybridized carbons (Fsp3) is 0.130. The number of phenolic OH excluding ortho intramolecular Hbond substituents is 3. The van der Waals surface area contributed by atoms with E-state index in [2.05, 4.69) is 6.58 Å². The zero-order chi connectivity index (χ0) is 19.5. The van der Waals surface area contributed by atoms with Gasteiger partial charge in [0.2, 0.25) is 0 Å². The van der Waals surface area contributed by atoms with E-state index in [-0.39, 0.29) is 17.2 Å². The highest BCUT2D eigenvalue weighted by Crippen LogP contribution is 2.42. The van der Waals surface area contributed by atoms with Crippen LogP contribution in [0.5, 0.6) is 17.2 Å². The maximum atomic E-state index is 10.9. The van der Waals surface area contributed by atoms with Crippen molar-refractivity contribution < 1.29 is 15.3 Å². The van der Waals surface area contributed by atoms with Gasteiger partial charge in [-0.25, -0.2) is 0 Å². The third-order valence-electron chi connectivity index (χ3n) is 5.16. The summed E-state index contributed by atoms with van der Waals surface area (Å²) in [5.41, 5.74) is 5.67. The Morgan fingerprint density at radius 3 is 2.30 bits per heavy atom. The van der Waals surface area contributed by atoms with Gasteiger partial charge < -0.3 is 19.9 Å². The first-order chi connectivity index (χ1) is 12.8. The monoisotopic (exact) mass is 359 g/mol. The molecule has 4 aromatic rings. The van der Waals surface area contributed by atoms with Crippen LogP contribution in [0.2, 0.25) is 0 Å². The SMILES string of the molecule is C=Cc1cc2c(c(O)c1C)c1cc(O)c(C)cc1n2-c1cc(C)cc(O)c1. The molecule has 3 aromatic carbocycles. The average molecular weight is 359 g/mol. The molecule has 4 rings (SSSR count). The van der Waals surface area contributed by atoms with Gasteiger partial charge in [0.25, 0.3) is 0 Å². The fourth-order valence-electron chi connectivity index (χ4n) is 3.77. The minimum Gasteiger partial charge on any atom is -0.508 e. The van der Waals surface area contributed by atoms with Crippen LogP contribution in [0.4, 0.5) is 0 Å². The van der Waals surface area contributed by atoms with Gasteiger partial charge in [0.05, 0.1) is 22.1 Å². The summed E-state index contributed by atoms with van der Waals surface area (Å²) in [7, 11) is 0. The molecule has 0 fully saturated rings. The largest absolute Gasteiger partial charge is 0.508 e. The van der Waals surface area contributed by atoms with Crippen LogP contribution in [0.15, 0.2) is 43.0 Å². The lowest BCUT2D eigenvalue weighted by atomic mass is 10.0. The molecule has 0 saturated carbocycles. The number of hydrogen-bond acceptors (Lipinski definition) is 3. The molecule has 3 N–H and O–H groups in total.